The van der Waals surface area contributed by atoms with Gasteiger partial charge in [-0.15, -0.1) is 0 Å². The first-order chi connectivity index (χ1) is 12.4. The molecule has 0 aliphatic carbocycles. The molecule has 25 heavy (non-hydrogen) atoms. The van der Waals surface area contributed by atoms with E-state index in [2.05, 4.69) is 38.2 Å². The molecule has 0 aromatic carbocycles. The molecule has 0 aliphatic heterocycles. The van der Waals surface area contributed by atoms with Gasteiger partial charge in [0.1, 0.15) is 0 Å². The van der Waals surface area contributed by atoms with Crippen molar-refractivity contribution in [3.8, 4) is 0 Å². The standard InChI is InChI=1S/C25H48/c1-3-5-7-9-11-13-15-17-19-21-23-25-24-22-20-18-16-14-12-10-8-6-4-2/h9,11,17,19H,3-8,10,12-16,18,20-25H2,1-2H3/b11-9-,19-17?. The first-order valence-electron chi connectivity index (χ1n) is 11.7. The van der Waals surface area contributed by atoms with Gasteiger partial charge in [0.05, 0.1) is 0 Å². The summed E-state index contributed by atoms with van der Waals surface area (Å²) >= 11 is 0. The Labute approximate surface area is 160 Å². The third kappa shape index (κ3) is 23.5. The van der Waals surface area contributed by atoms with Crippen LogP contribution in [-0.2, 0) is 0 Å². The largest absolute Gasteiger partial charge is 0.0885 e. The Morgan fingerprint density at radius 2 is 0.640 bits per heavy atom. The van der Waals surface area contributed by atoms with Gasteiger partial charge in [0.15, 0.2) is 0 Å². The molecule has 0 heterocycles. The van der Waals surface area contributed by atoms with Crippen LogP contribution in [0.3, 0.4) is 0 Å². The summed E-state index contributed by atoms with van der Waals surface area (Å²) in [6, 6.07) is 0. The van der Waals surface area contributed by atoms with Crippen LogP contribution in [0.1, 0.15) is 136 Å². The Bertz CT molecular complexity index is 274. The molecule has 0 aromatic heterocycles. The quantitative estimate of drug-likeness (QED) is 0.152. The second-order valence-corrected chi connectivity index (χ2v) is 7.69. The summed E-state index contributed by atoms with van der Waals surface area (Å²) in [5.41, 5.74) is 0. The van der Waals surface area contributed by atoms with E-state index in [9.17, 15) is 0 Å². The second kappa shape index (κ2) is 23.5. The van der Waals surface area contributed by atoms with Crippen molar-refractivity contribution in [2.24, 2.45) is 0 Å². The van der Waals surface area contributed by atoms with Crippen LogP contribution in [0.15, 0.2) is 24.3 Å². The molecule has 0 saturated carbocycles. The van der Waals surface area contributed by atoms with Crippen LogP contribution in [0.5, 0.6) is 0 Å². The maximum Gasteiger partial charge on any atom is -0.0316 e. The van der Waals surface area contributed by atoms with E-state index in [-0.39, 0.29) is 0 Å². The fourth-order valence-electron chi connectivity index (χ4n) is 3.27. The molecule has 0 atom stereocenters. The van der Waals surface area contributed by atoms with Gasteiger partial charge >= 0.3 is 0 Å². The van der Waals surface area contributed by atoms with Gasteiger partial charge in [0, 0.05) is 0 Å². The van der Waals surface area contributed by atoms with Crippen molar-refractivity contribution >= 4 is 0 Å². The SMILES string of the molecule is CCCC/C=C\CCC=CCCCCCCCCCCCCCCC. The molecular weight excluding hydrogens is 300 g/mol. The molecule has 0 amide bonds. The predicted octanol–water partition coefficient (Wildman–Crippen LogP) is 9.55. The normalized spacial score (nSPS) is 11.9. The predicted molar refractivity (Wildman–Crippen MR) is 117 cm³/mol. The van der Waals surface area contributed by atoms with Crippen LogP contribution in [0, 0.1) is 0 Å². The van der Waals surface area contributed by atoms with E-state index >= 15 is 0 Å². The van der Waals surface area contributed by atoms with E-state index < -0.39 is 0 Å². The average Bonchev–Trinajstić information content (AvgIpc) is 2.63. The topological polar surface area (TPSA) is 0 Å². The number of allylic oxidation sites excluding steroid dienone is 4. The Morgan fingerprint density at radius 1 is 0.320 bits per heavy atom. The minimum Gasteiger partial charge on any atom is -0.0885 e. The van der Waals surface area contributed by atoms with Crippen molar-refractivity contribution < 1.29 is 0 Å². The Balaban J connectivity index is 3.08. The molecule has 0 radical (unpaired) electrons. The summed E-state index contributed by atoms with van der Waals surface area (Å²) in [5.74, 6) is 0. The smallest absolute Gasteiger partial charge is 0.0316 e. The first kappa shape index (κ1) is 24.5. The van der Waals surface area contributed by atoms with E-state index in [1.165, 1.54) is 122 Å². The molecule has 0 saturated heterocycles. The summed E-state index contributed by atoms with van der Waals surface area (Å²) in [6.45, 7) is 4.55. The Kier molecular flexibility index (Phi) is 23.0. The lowest BCUT2D eigenvalue weighted by Crippen LogP contribution is -1.82. The lowest BCUT2D eigenvalue weighted by atomic mass is 10.0. The number of unbranched alkanes of at least 4 members (excludes halogenated alkanes) is 16. The maximum atomic E-state index is 2.40. The molecule has 0 fully saturated rings. The van der Waals surface area contributed by atoms with E-state index in [1.54, 1.807) is 0 Å². The van der Waals surface area contributed by atoms with Crippen LogP contribution in [0.2, 0.25) is 0 Å². The van der Waals surface area contributed by atoms with E-state index in [0.29, 0.717) is 0 Å². The molecule has 0 aromatic rings. The lowest BCUT2D eigenvalue weighted by molar-refractivity contribution is 0.540. The third-order valence-electron chi connectivity index (χ3n) is 5.03. The number of rotatable bonds is 20. The highest BCUT2D eigenvalue weighted by Crippen LogP contribution is 2.13. The zero-order chi connectivity index (χ0) is 18.3. The molecule has 0 nitrogen and oxygen atoms in total. The van der Waals surface area contributed by atoms with Crippen molar-refractivity contribution in [3.05, 3.63) is 24.3 Å². The maximum absolute atomic E-state index is 2.40. The van der Waals surface area contributed by atoms with Gasteiger partial charge in [-0.2, -0.15) is 0 Å². The minimum absolute atomic E-state index is 1.22. The summed E-state index contributed by atoms with van der Waals surface area (Å²) in [4.78, 5) is 0. The van der Waals surface area contributed by atoms with Crippen LogP contribution in [-0.4, -0.2) is 0 Å². The van der Waals surface area contributed by atoms with Crippen LogP contribution in [0.25, 0.3) is 0 Å². The first-order valence-corrected chi connectivity index (χ1v) is 11.7. The van der Waals surface area contributed by atoms with Gasteiger partial charge < -0.3 is 0 Å². The molecule has 0 N–H and O–H groups in total. The van der Waals surface area contributed by atoms with E-state index in [0.717, 1.165) is 0 Å². The van der Waals surface area contributed by atoms with Crippen LogP contribution < -0.4 is 0 Å². The van der Waals surface area contributed by atoms with Gasteiger partial charge in [-0.1, -0.05) is 128 Å². The molecular formula is C25H48. The van der Waals surface area contributed by atoms with Crippen molar-refractivity contribution in [2.45, 2.75) is 136 Å². The average molecular weight is 349 g/mol. The van der Waals surface area contributed by atoms with Crippen molar-refractivity contribution in [1.82, 2.24) is 0 Å². The Morgan fingerprint density at radius 3 is 1.08 bits per heavy atom. The van der Waals surface area contributed by atoms with Gasteiger partial charge in [0.2, 0.25) is 0 Å². The monoisotopic (exact) mass is 348 g/mol. The molecule has 148 valence electrons. The number of hydrogen-bond acceptors (Lipinski definition) is 0. The second-order valence-electron chi connectivity index (χ2n) is 7.69. The Hall–Kier alpha value is -0.520. The molecule has 0 rings (SSSR count). The minimum atomic E-state index is 1.22. The van der Waals surface area contributed by atoms with E-state index in [1.807, 2.05) is 0 Å². The van der Waals surface area contributed by atoms with Crippen LogP contribution in [0.4, 0.5) is 0 Å². The molecule has 0 aliphatic rings. The molecule has 0 bridgehead atoms. The molecule has 0 unspecified atom stereocenters. The van der Waals surface area contributed by atoms with Crippen molar-refractivity contribution in [1.29, 1.82) is 0 Å². The fourth-order valence-corrected chi connectivity index (χ4v) is 3.27. The van der Waals surface area contributed by atoms with Gasteiger partial charge in [-0.25, -0.2) is 0 Å². The van der Waals surface area contributed by atoms with Gasteiger partial charge in [0.25, 0.3) is 0 Å². The number of hydrogen-bond donors (Lipinski definition) is 0. The summed E-state index contributed by atoms with van der Waals surface area (Å²) in [5, 5.41) is 0. The summed E-state index contributed by atoms with van der Waals surface area (Å²) in [6.07, 6.45) is 35.9. The zero-order valence-corrected chi connectivity index (χ0v) is 17.7. The van der Waals surface area contributed by atoms with Gasteiger partial charge in [-0.05, 0) is 32.1 Å². The summed E-state index contributed by atoms with van der Waals surface area (Å²) < 4.78 is 0. The lowest BCUT2D eigenvalue weighted by Gasteiger charge is -2.02. The molecule has 0 heteroatoms. The van der Waals surface area contributed by atoms with Gasteiger partial charge in [-0.3, -0.25) is 0 Å². The highest BCUT2D eigenvalue weighted by molar-refractivity contribution is 4.87. The van der Waals surface area contributed by atoms with Crippen molar-refractivity contribution in [2.75, 3.05) is 0 Å². The van der Waals surface area contributed by atoms with Crippen molar-refractivity contribution in [3.63, 3.8) is 0 Å². The molecule has 0 spiro atoms. The van der Waals surface area contributed by atoms with E-state index in [4.69, 9.17) is 0 Å². The zero-order valence-electron chi connectivity index (χ0n) is 17.7. The van der Waals surface area contributed by atoms with Crippen LogP contribution >= 0.6 is 0 Å². The third-order valence-corrected chi connectivity index (χ3v) is 5.03. The fraction of sp³-hybridized carbons (Fsp3) is 0.840. The highest BCUT2D eigenvalue weighted by Gasteiger charge is 1.93. The highest BCUT2D eigenvalue weighted by atomic mass is 14.0. The summed E-state index contributed by atoms with van der Waals surface area (Å²) in [7, 11) is 0.